The fourth-order valence-corrected chi connectivity index (χ4v) is 2.61. The molecule has 1 heterocycles. The van der Waals surface area contributed by atoms with Gasteiger partial charge in [-0.1, -0.05) is 26.8 Å². The predicted molar refractivity (Wildman–Crippen MR) is 110 cm³/mol. The Hall–Kier alpha value is -1.38. The standard InChI is InChI=1S/C22H36O7/c1-22(2,3)19-4-5-20-21(18-19)29-17-15-27-13-11-25-9-7-23-6-8-24-10-12-26-14-16-28-20/h4-5,18H,6-17H2,1-3H3. The molecular formula is C22H36O7. The van der Waals surface area contributed by atoms with Gasteiger partial charge in [-0.15, -0.1) is 0 Å². The third-order valence-corrected chi connectivity index (χ3v) is 4.27. The highest BCUT2D eigenvalue weighted by molar-refractivity contribution is 5.44. The number of ether oxygens (including phenoxy) is 7. The zero-order chi connectivity index (χ0) is 20.8. The van der Waals surface area contributed by atoms with Gasteiger partial charge >= 0.3 is 0 Å². The lowest BCUT2D eigenvalue weighted by atomic mass is 9.87. The van der Waals surface area contributed by atoms with Crippen molar-refractivity contribution in [2.45, 2.75) is 26.2 Å². The van der Waals surface area contributed by atoms with Crippen molar-refractivity contribution in [3.63, 3.8) is 0 Å². The lowest BCUT2D eigenvalue weighted by molar-refractivity contribution is -0.0134. The molecule has 0 N–H and O–H groups in total. The molecular weight excluding hydrogens is 376 g/mol. The van der Waals surface area contributed by atoms with Crippen LogP contribution in [0.25, 0.3) is 0 Å². The number of rotatable bonds is 0. The smallest absolute Gasteiger partial charge is 0.161 e. The Morgan fingerprint density at radius 3 is 1.31 bits per heavy atom. The molecule has 29 heavy (non-hydrogen) atoms. The van der Waals surface area contributed by atoms with E-state index < -0.39 is 0 Å². The predicted octanol–water partition coefficient (Wildman–Crippen LogP) is 2.84. The second kappa shape index (κ2) is 13.8. The molecule has 0 fully saturated rings. The van der Waals surface area contributed by atoms with Crippen LogP contribution >= 0.6 is 0 Å². The second-order valence-electron chi connectivity index (χ2n) is 7.67. The number of hydrogen-bond acceptors (Lipinski definition) is 7. The first-order valence-electron chi connectivity index (χ1n) is 10.4. The van der Waals surface area contributed by atoms with E-state index >= 15 is 0 Å². The van der Waals surface area contributed by atoms with E-state index in [4.69, 9.17) is 33.2 Å². The molecule has 1 aromatic rings. The quantitative estimate of drug-likeness (QED) is 0.649. The molecule has 7 heteroatoms. The Labute approximate surface area is 174 Å². The summed E-state index contributed by atoms with van der Waals surface area (Å²) in [6.07, 6.45) is 0. The van der Waals surface area contributed by atoms with Crippen LogP contribution in [-0.2, 0) is 29.1 Å². The fourth-order valence-electron chi connectivity index (χ4n) is 2.61. The maximum atomic E-state index is 5.95. The molecule has 2 rings (SSSR count). The molecule has 0 radical (unpaired) electrons. The third kappa shape index (κ3) is 10.3. The van der Waals surface area contributed by atoms with Crippen molar-refractivity contribution in [2.24, 2.45) is 0 Å². The van der Waals surface area contributed by atoms with E-state index in [0.717, 1.165) is 5.75 Å². The summed E-state index contributed by atoms with van der Waals surface area (Å²) < 4.78 is 39.3. The van der Waals surface area contributed by atoms with Gasteiger partial charge in [-0.2, -0.15) is 0 Å². The average molecular weight is 413 g/mol. The molecule has 0 aromatic heterocycles. The van der Waals surface area contributed by atoms with Crippen LogP contribution in [0.1, 0.15) is 26.3 Å². The van der Waals surface area contributed by atoms with Crippen LogP contribution in [0.3, 0.4) is 0 Å². The monoisotopic (exact) mass is 412 g/mol. The van der Waals surface area contributed by atoms with Crippen molar-refractivity contribution in [2.75, 3.05) is 79.3 Å². The molecule has 1 aliphatic heterocycles. The van der Waals surface area contributed by atoms with Crippen LogP contribution in [0.4, 0.5) is 0 Å². The van der Waals surface area contributed by atoms with E-state index in [9.17, 15) is 0 Å². The summed E-state index contributed by atoms with van der Waals surface area (Å²) in [5.41, 5.74) is 1.22. The van der Waals surface area contributed by atoms with Crippen LogP contribution in [0.5, 0.6) is 11.5 Å². The Kier molecular flexibility index (Phi) is 11.3. The first-order valence-corrected chi connectivity index (χ1v) is 10.4. The van der Waals surface area contributed by atoms with Crippen molar-refractivity contribution in [1.29, 1.82) is 0 Å². The van der Waals surface area contributed by atoms with Crippen LogP contribution in [-0.4, -0.2) is 79.3 Å². The number of hydrogen-bond donors (Lipinski definition) is 0. The summed E-state index contributed by atoms with van der Waals surface area (Å²) in [5.74, 6) is 1.44. The molecule has 0 atom stereocenters. The molecule has 0 saturated carbocycles. The van der Waals surface area contributed by atoms with Crippen molar-refractivity contribution < 1.29 is 33.2 Å². The minimum absolute atomic E-state index is 0.0288. The van der Waals surface area contributed by atoms with Gasteiger partial charge in [-0.05, 0) is 23.1 Å². The van der Waals surface area contributed by atoms with Crippen LogP contribution in [0.15, 0.2) is 18.2 Å². The SMILES string of the molecule is CC(C)(C)c1ccc2c(c1)OCCOCCOCCOCCOCCOCCO2. The lowest BCUT2D eigenvalue weighted by Crippen LogP contribution is -2.15. The minimum atomic E-state index is 0.0288. The summed E-state index contributed by atoms with van der Waals surface area (Å²) in [6.45, 7) is 12.7. The Bertz CT molecular complexity index is 557. The largest absolute Gasteiger partial charge is 0.487 e. The molecule has 0 aliphatic carbocycles. The van der Waals surface area contributed by atoms with Crippen LogP contribution in [0.2, 0.25) is 0 Å². The van der Waals surface area contributed by atoms with Crippen LogP contribution in [0, 0.1) is 0 Å². The summed E-state index contributed by atoms with van der Waals surface area (Å²) in [7, 11) is 0. The molecule has 0 unspecified atom stereocenters. The molecule has 0 spiro atoms. The van der Waals surface area contributed by atoms with Crippen molar-refractivity contribution >= 4 is 0 Å². The zero-order valence-corrected chi connectivity index (χ0v) is 18.1. The topological polar surface area (TPSA) is 64.6 Å². The van der Waals surface area contributed by atoms with Gasteiger partial charge in [0.1, 0.15) is 13.2 Å². The second-order valence-corrected chi connectivity index (χ2v) is 7.67. The van der Waals surface area contributed by atoms with E-state index in [-0.39, 0.29) is 5.41 Å². The first kappa shape index (κ1) is 23.9. The van der Waals surface area contributed by atoms with Gasteiger partial charge in [-0.25, -0.2) is 0 Å². The number of fused-ring (bicyclic) bond motifs is 1. The molecule has 0 saturated heterocycles. The fraction of sp³-hybridized carbons (Fsp3) is 0.727. The average Bonchev–Trinajstić information content (AvgIpc) is 2.69. The normalized spacial score (nSPS) is 19.8. The van der Waals surface area contributed by atoms with E-state index in [0.29, 0.717) is 85.0 Å². The molecule has 0 amide bonds. The van der Waals surface area contributed by atoms with Gasteiger partial charge in [0.15, 0.2) is 11.5 Å². The Balaban J connectivity index is 1.90. The summed E-state index contributed by atoms with van der Waals surface area (Å²) in [5, 5.41) is 0. The third-order valence-electron chi connectivity index (χ3n) is 4.27. The van der Waals surface area contributed by atoms with E-state index in [1.54, 1.807) is 0 Å². The van der Waals surface area contributed by atoms with Gasteiger partial charge in [0.2, 0.25) is 0 Å². The van der Waals surface area contributed by atoms with E-state index in [1.165, 1.54) is 5.56 Å². The van der Waals surface area contributed by atoms with Gasteiger partial charge in [0.05, 0.1) is 66.1 Å². The maximum absolute atomic E-state index is 5.95. The summed E-state index contributed by atoms with van der Waals surface area (Å²) in [6, 6.07) is 6.08. The van der Waals surface area contributed by atoms with Gasteiger partial charge in [0, 0.05) is 0 Å². The van der Waals surface area contributed by atoms with E-state index in [2.05, 4.69) is 26.8 Å². The van der Waals surface area contributed by atoms with Crippen molar-refractivity contribution in [3.8, 4) is 11.5 Å². The molecule has 166 valence electrons. The Morgan fingerprint density at radius 1 is 0.517 bits per heavy atom. The molecule has 1 aliphatic rings. The number of benzene rings is 1. The van der Waals surface area contributed by atoms with Crippen molar-refractivity contribution in [3.05, 3.63) is 23.8 Å². The zero-order valence-electron chi connectivity index (χ0n) is 18.1. The maximum Gasteiger partial charge on any atom is 0.161 e. The highest BCUT2D eigenvalue weighted by Crippen LogP contribution is 2.33. The van der Waals surface area contributed by atoms with Crippen molar-refractivity contribution in [1.82, 2.24) is 0 Å². The lowest BCUT2D eigenvalue weighted by Gasteiger charge is -2.21. The van der Waals surface area contributed by atoms with Gasteiger partial charge < -0.3 is 33.2 Å². The molecule has 1 aromatic carbocycles. The van der Waals surface area contributed by atoms with Crippen LogP contribution < -0.4 is 9.47 Å². The summed E-state index contributed by atoms with van der Waals surface area (Å²) >= 11 is 0. The van der Waals surface area contributed by atoms with Gasteiger partial charge in [-0.3, -0.25) is 0 Å². The minimum Gasteiger partial charge on any atom is -0.487 e. The summed E-state index contributed by atoms with van der Waals surface area (Å²) in [4.78, 5) is 0. The molecule has 0 bridgehead atoms. The molecule has 7 nitrogen and oxygen atoms in total. The first-order chi connectivity index (χ1) is 14.1. The van der Waals surface area contributed by atoms with E-state index in [1.807, 2.05) is 12.1 Å². The Morgan fingerprint density at radius 2 is 0.897 bits per heavy atom. The highest BCUT2D eigenvalue weighted by atomic mass is 16.6. The van der Waals surface area contributed by atoms with Gasteiger partial charge in [0.25, 0.3) is 0 Å². The highest BCUT2D eigenvalue weighted by Gasteiger charge is 2.17.